The zero-order valence-corrected chi connectivity index (χ0v) is 35.6. The minimum Gasteiger partial charge on any atom is -0.309 e. The van der Waals surface area contributed by atoms with E-state index >= 15 is 0 Å². The monoisotopic (exact) mass is 761 g/mol. The zero-order chi connectivity index (χ0) is 41.1. The van der Waals surface area contributed by atoms with Crippen LogP contribution in [0.5, 0.6) is 0 Å². The largest absolute Gasteiger partial charge is 0.309 e. The maximum atomic E-state index is 4.38. The molecule has 8 aromatic carbocycles. The third-order valence-electron chi connectivity index (χ3n) is 13.2. The summed E-state index contributed by atoms with van der Waals surface area (Å²) in [5.74, 6) is 0. The van der Waals surface area contributed by atoms with E-state index in [0.29, 0.717) is 0 Å². The summed E-state index contributed by atoms with van der Waals surface area (Å²) in [4.78, 5) is 0. The molecule has 0 saturated heterocycles. The quantitative estimate of drug-likeness (QED) is 0.143. The molecule has 0 aliphatic rings. The van der Waals surface area contributed by atoms with Gasteiger partial charge in [-0.2, -0.15) is 0 Å². The molecule has 0 atom stereocenters. The maximum absolute atomic E-state index is 4.38. The number of para-hydroxylation sites is 2. The van der Waals surface area contributed by atoms with Gasteiger partial charge in [0.15, 0.2) is 0 Å². The Morgan fingerprint density at radius 2 is 0.864 bits per heavy atom. The summed E-state index contributed by atoms with van der Waals surface area (Å²) in [5.41, 5.74) is 25.2. The van der Waals surface area contributed by atoms with Crippen LogP contribution in [0.25, 0.3) is 88.3 Å². The third kappa shape index (κ3) is 6.24. The van der Waals surface area contributed by atoms with Gasteiger partial charge in [0.1, 0.15) is 0 Å². The van der Waals surface area contributed by atoms with E-state index in [9.17, 15) is 0 Å². The number of allylic oxidation sites excluding steroid dienone is 3. The fourth-order valence-electron chi connectivity index (χ4n) is 9.49. The highest BCUT2D eigenvalue weighted by molar-refractivity contribution is 6.14. The Morgan fingerprint density at radius 1 is 0.407 bits per heavy atom. The van der Waals surface area contributed by atoms with Gasteiger partial charge in [-0.15, -0.1) is 0 Å². The SMILES string of the molecule is C=C(C)/C(C)=C(/C)c1c(C)c(-c2ccccc2)c2c(C)c(C)c(C)c(C)c2c1-c1ccc(-c2ccc(-c3ccc4c(c3)c3ccccc3n4-c3ccccc3)cc2)cc1. The van der Waals surface area contributed by atoms with Crippen LogP contribution >= 0.6 is 0 Å². The van der Waals surface area contributed by atoms with Crippen molar-refractivity contribution < 1.29 is 0 Å². The second-order valence-electron chi connectivity index (χ2n) is 16.5. The van der Waals surface area contributed by atoms with Gasteiger partial charge in [-0.05, 0) is 186 Å². The van der Waals surface area contributed by atoms with E-state index in [2.05, 4.69) is 218 Å². The molecule has 0 aliphatic heterocycles. The molecule has 0 unspecified atom stereocenters. The van der Waals surface area contributed by atoms with Crippen molar-refractivity contribution in [2.75, 3.05) is 0 Å². The Kier molecular flexibility index (Phi) is 9.57. The summed E-state index contributed by atoms with van der Waals surface area (Å²) in [6.07, 6.45) is 0. The van der Waals surface area contributed by atoms with E-state index in [1.54, 1.807) is 0 Å². The first-order chi connectivity index (χ1) is 28.5. The molecule has 0 spiro atoms. The first kappa shape index (κ1) is 37.9. The molecule has 0 saturated carbocycles. The molecule has 0 aliphatic carbocycles. The second kappa shape index (κ2) is 14.9. The van der Waals surface area contributed by atoms with Crippen LogP contribution in [-0.4, -0.2) is 4.57 Å². The highest BCUT2D eigenvalue weighted by atomic mass is 15.0. The molecule has 59 heavy (non-hydrogen) atoms. The number of fused-ring (bicyclic) bond motifs is 4. The number of aryl methyl sites for hydroxylation is 2. The minimum atomic E-state index is 1.10. The predicted octanol–water partition coefficient (Wildman–Crippen LogP) is 16.5. The van der Waals surface area contributed by atoms with Crippen molar-refractivity contribution in [2.24, 2.45) is 0 Å². The van der Waals surface area contributed by atoms with Gasteiger partial charge >= 0.3 is 0 Å². The Balaban J connectivity index is 1.16. The van der Waals surface area contributed by atoms with Gasteiger partial charge in [0, 0.05) is 16.5 Å². The summed E-state index contributed by atoms with van der Waals surface area (Å²) in [5, 5.41) is 5.23. The number of hydrogen-bond acceptors (Lipinski definition) is 0. The molecule has 9 aromatic rings. The topological polar surface area (TPSA) is 4.93 Å². The van der Waals surface area contributed by atoms with Crippen LogP contribution in [0.3, 0.4) is 0 Å². The lowest BCUT2D eigenvalue weighted by Crippen LogP contribution is -2.04. The number of aromatic nitrogens is 1. The first-order valence-electron chi connectivity index (χ1n) is 20.8. The summed E-state index contributed by atoms with van der Waals surface area (Å²) < 4.78 is 2.37. The number of rotatable bonds is 7. The van der Waals surface area contributed by atoms with Gasteiger partial charge in [0.05, 0.1) is 11.0 Å². The number of nitrogens with zero attached hydrogens (tertiary/aromatic N) is 1. The van der Waals surface area contributed by atoms with E-state index in [4.69, 9.17) is 0 Å². The molecular formula is C58H51N. The van der Waals surface area contributed by atoms with Crippen LogP contribution in [-0.2, 0) is 0 Å². The molecular weight excluding hydrogens is 711 g/mol. The fraction of sp³-hybridized carbons (Fsp3) is 0.138. The van der Waals surface area contributed by atoms with Gasteiger partial charge < -0.3 is 4.57 Å². The Labute approximate surface area is 349 Å². The van der Waals surface area contributed by atoms with E-state index < -0.39 is 0 Å². The van der Waals surface area contributed by atoms with Crippen LogP contribution in [0.15, 0.2) is 169 Å². The molecule has 0 bridgehead atoms. The van der Waals surface area contributed by atoms with E-state index in [0.717, 1.165) is 5.57 Å². The average molecular weight is 762 g/mol. The van der Waals surface area contributed by atoms with Crippen LogP contribution in [0.2, 0.25) is 0 Å². The molecule has 288 valence electrons. The zero-order valence-electron chi connectivity index (χ0n) is 35.6. The molecule has 0 N–H and O–H groups in total. The molecule has 1 nitrogen and oxygen atoms in total. The van der Waals surface area contributed by atoms with E-state index in [1.165, 1.54) is 127 Å². The number of hydrogen-bond donors (Lipinski definition) is 0. The van der Waals surface area contributed by atoms with Crippen LogP contribution in [0, 0.1) is 34.6 Å². The molecule has 0 radical (unpaired) electrons. The van der Waals surface area contributed by atoms with Crippen molar-refractivity contribution in [3.8, 4) is 50.2 Å². The van der Waals surface area contributed by atoms with Gasteiger partial charge in [-0.3, -0.25) is 0 Å². The molecule has 1 heterocycles. The van der Waals surface area contributed by atoms with Crippen molar-refractivity contribution in [1.29, 1.82) is 0 Å². The predicted molar refractivity (Wildman–Crippen MR) is 257 cm³/mol. The van der Waals surface area contributed by atoms with Crippen molar-refractivity contribution in [3.63, 3.8) is 0 Å². The third-order valence-corrected chi connectivity index (χ3v) is 13.2. The highest BCUT2D eigenvalue weighted by Gasteiger charge is 2.25. The maximum Gasteiger partial charge on any atom is 0.0541 e. The van der Waals surface area contributed by atoms with E-state index in [1.807, 2.05) is 0 Å². The second-order valence-corrected chi connectivity index (χ2v) is 16.5. The molecule has 1 heteroatoms. The van der Waals surface area contributed by atoms with Gasteiger partial charge in [-0.1, -0.05) is 133 Å². The summed E-state index contributed by atoms with van der Waals surface area (Å²) in [7, 11) is 0. The van der Waals surface area contributed by atoms with Crippen molar-refractivity contribution in [1.82, 2.24) is 4.57 Å². The lowest BCUT2D eigenvalue weighted by Gasteiger charge is -2.27. The van der Waals surface area contributed by atoms with Crippen LogP contribution in [0.1, 0.15) is 54.2 Å². The fourth-order valence-corrected chi connectivity index (χ4v) is 9.49. The highest BCUT2D eigenvalue weighted by Crippen LogP contribution is 2.49. The molecule has 9 rings (SSSR count). The number of benzene rings is 8. The summed E-state index contributed by atoms with van der Waals surface area (Å²) in [6, 6.07) is 55.6. The first-order valence-corrected chi connectivity index (χ1v) is 20.8. The molecule has 1 aromatic heterocycles. The molecule has 0 fully saturated rings. The van der Waals surface area contributed by atoms with Crippen LogP contribution in [0.4, 0.5) is 0 Å². The lowest BCUT2D eigenvalue weighted by molar-refractivity contribution is 1.18. The Morgan fingerprint density at radius 3 is 1.46 bits per heavy atom. The Hall–Kier alpha value is -6.70. The van der Waals surface area contributed by atoms with E-state index in [-0.39, 0.29) is 0 Å². The molecule has 0 amide bonds. The van der Waals surface area contributed by atoms with Gasteiger partial charge in [-0.25, -0.2) is 0 Å². The van der Waals surface area contributed by atoms with Gasteiger partial charge in [0.25, 0.3) is 0 Å². The van der Waals surface area contributed by atoms with Crippen molar-refractivity contribution >= 4 is 38.2 Å². The standard InChI is InChI=1S/C58H51N/c1-35(2)36(3)39(6)54-42(9)55(46-18-12-10-13-19-46)56-40(7)37(4)38(5)41(8)57(56)58(54)47-30-28-44(29-31-47)43-24-26-45(27-25-43)48-32-33-53-51(34-48)50-22-16-17-23-52(50)59(53)49-20-14-11-15-21-49/h10-34H,1H2,2-9H3/b39-36-. The average Bonchev–Trinajstić information content (AvgIpc) is 3.61. The van der Waals surface area contributed by atoms with Crippen molar-refractivity contribution in [2.45, 2.75) is 55.4 Å². The lowest BCUT2D eigenvalue weighted by atomic mass is 9.76. The Bertz CT molecular complexity index is 3130. The summed E-state index contributed by atoms with van der Waals surface area (Å²) in [6.45, 7) is 22.6. The minimum absolute atomic E-state index is 1.10. The summed E-state index contributed by atoms with van der Waals surface area (Å²) >= 11 is 0. The van der Waals surface area contributed by atoms with Crippen molar-refractivity contribution in [3.05, 3.63) is 203 Å². The normalized spacial score (nSPS) is 12.1. The van der Waals surface area contributed by atoms with Crippen LogP contribution < -0.4 is 0 Å². The van der Waals surface area contributed by atoms with Gasteiger partial charge in [0.2, 0.25) is 0 Å². The smallest absolute Gasteiger partial charge is 0.0541 e.